The van der Waals surface area contributed by atoms with Crippen LogP contribution in [0.15, 0.2) is 12.7 Å². The van der Waals surface area contributed by atoms with E-state index < -0.39 is 0 Å². The Morgan fingerprint density at radius 2 is 1.55 bits per heavy atom. The van der Waals surface area contributed by atoms with Crippen molar-refractivity contribution in [2.75, 3.05) is 32.7 Å². The van der Waals surface area contributed by atoms with Gasteiger partial charge in [-0.15, -0.1) is 10.2 Å². The van der Waals surface area contributed by atoms with Crippen molar-refractivity contribution in [2.45, 2.75) is 51.5 Å². The average Bonchev–Trinajstić information content (AvgIpc) is 3.10. The third-order valence-electron chi connectivity index (χ3n) is 7.51. The quantitative estimate of drug-likeness (QED) is 0.770. The number of hydrogen-bond donors (Lipinski definition) is 1. The van der Waals surface area contributed by atoms with Crippen molar-refractivity contribution in [1.82, 2.24) is 24.6 Å². The summed E-state index contributed by atoms with van der Waals surface area (Å²) >= 11 is 0. The van der Waals surface area contributed by atoms with E-state index in [1.54, 1.807) is 12.7 Å². The first-order valence-electron chi connectivity index (χ1n) is 11.0. The normalized spacial score (nSPS) is 33.7. The minimum Gasteiger partial charge on any atom is -0.483 e. The van der Waals surface area contributed by atoms with E-state index in [0.717, 1.165) is 63.4 Å². The first kappa shape index (κ1) is 20.3. The molecule has 1 aromatic heterocycles. The van der Waals surface area contributed by atoms with Gasteiger partial charge in [-0.25, -0.2) is 0 Å². The van der Waals surface area contributed by atoms with Gasteiger partial charge in [0.2, 0.25) is 5.91 Å². The predicted octanol–water partition coefficient (Wildman–Crippen LogP) is 1.73. The summed E-state index contributed by atoms with van der Waals surface area (Å²) in [7, 11) is 0. The van der Waals surface area contributed by atoms with Crippen LogP contribution < -0.4 is 0 Å². The second-order valence-electron chi connectivity index (χ2n) is 9.49. The highest BCUT2D eigenvalue weighted by Gasteiger charge is 2.55. The number of carboxylic acid groups (broad SMARTS) is 1. The first-order chi connectivity index (χ1) is 14.1. The number of carbonyl (C=O) groups excluding carboxylic acids is 1. The van der Waals surface area contributed by atoms with Crippen LogP contribution in [-0.4, -0.2) is 74.8 Å². The third-order valence-corrected chi connectivity index (χ3v) is 7.51. The van der Waals surface area contributed by atoms with Crippen molar-refractivity contribution in [3.63, 3.8) is 0 Å². The molecule has 1 aliphatic heterocycles. The van der Waals surface area contributed by atoms with Crippen LogP contribution in [0.25, 0.3) is 0 Å². The molecule has 0 atom stereocenters. The Hall–Kier alpha value is -1.96. The van der Waals surface area contributed by atoms with Crippen LogP contribution in [0.1, 0.15) is 44.9 Å². The minimum absolute atomic E-state index is 0.0202. The van der Waals surface area contributed by atoms with Crippen LogP contribution in [0.2, 0.25) is 0 Å². The second kappa shape index (κ2) is 8.81. The van der Waals surface area contributed by atoms with Gasteiger partial charge in [-0.3, -0.25) is 14.5 Å². The van der Waals surface area contributed by atoms with Gasteiger partial charge in [0.05, 0.1) is 5.41 Å². The summed E-state index contributed by atoms with van der Waals surface area (Å²) in [6, 6.07) is 0. The minimum atomic E-state index is -0.250. The van der Waals surface area contributed by atoms with Gasteiger partial charge in [-0.05, 0) is 69.2 Å². The fourth-order valence-electron chi connectivity index (χ4n) is 6.70. The number of amides is 1. The van der Waals surface area contributed by atoms with Gasteiger partial charge in [-0.1, -0.05) is 0 Å². The molecule has 2 heterocycles. The molecule has 6 rings (SSSR count). The van der Waals surface area contributed by atoms with Crippen LogP contribution in [0, 0.1) is 23.2 Å². The van der Waals surface area contributed by atoms with Crippen LogP contribution in [0.3, 0.4) is 0 Å². The van der Waals surface area contributed by atoms with Gasteiger partial charge in [0, 0.05) is 32.7 Å². The van der Waals surface area contributed by atoms with E-state index >= 15 is 0 Å². The van der Waals surface area contributed by atoms with Crippen molar-refractivity contribution >= 4 is 12.4 Å². The van der Waals surface area contributed by atoms with E-state index in [2.05, 4.69) is 20.0 Å². The number of carbonyl (C=O) groups is 2. The number of rotatable bonds is 4. The van der Waals surface area contributed by atoms with Gasteiger partial charge in [0.15, 0.2) is 0 Å². The maximum absolute atomic E-state index is 13.5. The number of hydrogen-bond acceptors (Lipinski definition) is 5. The van der Waals surface area contributed by atoms with Gasteiger partial charge >= 0.3 is 0 Å². The van der Waals surface area contributed by atoms with Crippen LogP contribution in [-0.2, 0) is 16.1 Å². The van der Waals surface area contributed by atoms with E-state index in [9.17, 15) is 4.79 Å². The smallest absolute Gasteiger partial charge is 0.290 e. The molecule has 8 heteroatoms. The van der Waals surface area contributed by atoms with Gasteiger partial charge in [-0.2, -0.15) is 0 Å². The zero-order valence-corrected chi connectivity index (χ0v) is 17.2. The maximum atomic E-state index is 13.5. The number of nitrogens with zero attached hydrogens (tertiary/aromatic N) is 5. The summed E-state index contributed by atoms with van der Waals surface area (Å²) in [6.07, 6.45) is 12.4. The lowest BCUT2D eigenvalue weighted by Gasteiger charge is -2.56. The molecular formula is C21H33N5O3. The lowest BCUT2D eigenvalue weighted by molar-refractivity contribution is -0.157. The zero-order valence-electron chi connectivity index (χ0n) is 17.2. The summed E-state index contributed by atoms with van der Waals surface area (Å²) < 4.78 is 2.03. The lowest BCUT2D eigenvalue weighted by atomic mass is 9.49. The molecule has 0 aromatic carbocycles. The van der Waals surface area contributed by atoms with Gasteiger partial charge in [0.1, 0.15) is 12.7 Å². The van der Waals surface area contributed by atoms with E-state index in [4.69, 9.17) is 9.90 Å². The first-order valence-corrected chi connectivity index (χ1v) is 11.0. The summed E-state index contributed by atoms with van der Waals surface area (Å²) in [6.45, 7) is 5.63. The molecule has 0 radical (unpaired) electrons. The topological polar surface area (TPSA) is 91.6 Å². The molecule has 5 aliphatic rings. The fraction of sp³-hybridized carbons (Fsp3) is 0.810. The van der Waals surface area contributed by atoms with Crippen LogP contribution in [0.4, 0.5) is 0 Å². The van der Waals surface area contributed by atoms with Crippen molar-refractivity contribution in [1.29, 1.82) is 0 Å². The largest absolute Gasteiger partial charge is 0.483 e. The highest BCUT2D eigenvalue weighted by molar-refractivity contribution is 5.83. The molecule has 8 nitrogen and oxygen atoms in total. The Balaban J connectivity index is 0.000000645. The molecule has 4 bridgehead atoms. The van der Waals surface area contributed by atoms with Crippen molar-refractivity contribution < 1.29 is 14.7 Å². The third kappa shape index (κ3) is 4.47. The van der Waals surface area contributed by atoms with Gasteiger partial charge in [0.25, 0.3) is 6.47 Å². The van der Waals surface area contributed by atoms with E-state index in [0.29, 0.717) is 5.91 Å². The summed E-state index contributed by atoms with van der Waals surface area (Å²) in [5, 5.41) is 14.6. The molecule has 1 amide bonds. The molecule has 1 saturated heterocycles. The molecule has 4 aliphatic carbocycles. The zero-order chi connectivity index (χ0) is 20.3. The Morgan fingerprint density at radius 1 is 0.966 bits per heavy atom. The van der Waals surface area contributed by atoms with Crippen LogP contribution >= 0.6 is 0 Å². The molecule has 5 fully saturated rings. The summed E-state index contributed by atoms with van der Waals surface area (Å²) in [4.78, 5) is 26.6. The summed E-state index contributed by atoms with van der Waals surface area (Å²) in [5.41, 5.74) is 0.0202. The Morgan fingerprint density at radius 3 is 2.14 bits per heavy atom. The highest BCUT2D eigenvalue weighted by atomic mass is 16.3. The molecule has 0 unspecified atom stereocenters. The molecule has 29 heavy (non-hydrogen) atoms. The molecule has 4 saturated carbocycles. The highest BCUT2D eigenvalue weighted by Crippen LogP contribution is 2.60. The molecule has 0 spiro atoms. The monoisotopic (exact) mass is 403 g/mol. The molecule has 1 N–H and O–H groups in total. The standard InChI is InChI=1S/C20H31N5O.CH2O2/c26-19(20-11-16-8-17(12-20)10-18(9-16)13-20)25-3-1-2-23(6-7-25)4-5-24-14-21-22-15-24;2-1-3/h14-18H,1-13H2;1H,(H,2,3). The van der Waals surface area contributed by atoms with E-state index in [1.807, 2.05) is 4.57 Å². The SMILES string of the molecule is O=C(N1CCCN(CCn2cnnc2)CC1)C12CC3CC(CC(C3)C1)C2.O=CO. The Kier molecular flexibility index (Phi) is 6.18. The maximum Gasteiger partial charge on any atom is 0.290 e. The van der Waals surface area contributed by atoms with E-state index in [-0.39, 0.29) is 11.9 Å². The van der Waals surface area contributed by atoms with Crippen molar-refractivity contribution in [3.8, 4) is 0 Å². The van der Waals surface area contributed by atoms with E-state index in [1.165, 1.54) is 38.5 Å². The molecule has 1 aromatic rings. The van der Waals surface area contributed by atoms with Crippen LogP contribution in [0.5, 0.6) is 0 Å². The molecular weight excluding hydrogens is 370 g/mol. The summed E-state index contributed by atoms with van der Waals surface area (Å²) in [5.74, 6) is 3.05. The second-order valence-corrected chi connectivity index (χ2v) is 9.49. The van der Waals surface area contributed by atoms with Crippen molar-refractivity contribution in [2.24, 2.45) is 23.2 Å². The fourth-order valence-corrected chi connectivity index (χ4v) is 6.70. The Bertz CT molecular complexity index is 657. The lowest BCUT2D eigenvalue weighted by Crippen LogP contribution is -2.55. The number of aromatic nitrogens is 3. The Labute approximate surface area is 172 Å². The van der Waals surface area contributed by atoms with Gasteiger partial charge < -0.3 is 14.6 Å². The van der Waals surface area contributed by atoms with Crippen molar-refractivity contribution in [3.05, 3.63) is 12.7 Å². The average molecular weight is 404 g/mol. The molecule has 160 valence electrons. The predicted molar refractivity (Wildman–Crippen MR) is 107 cm³/mol.